The van der Waals surface area contributed by atoms with Crippen molar-refractivity contribution in [1.29, 1.82) is 0 Å². The molecule has 1 saturated heterocycles. The predicted octanol–water partition coefficient (Wildman–Crippen LogP) is 2.35. The maximum atomic E-state index is 12.5. The van der Waals surface area contributed by atoms with E-state index in [-0.39, 0.29) is 0 Å². The van der Waals surface area contributed by atoms with E-state index in [0.717, 1.165) is 59.4 Å². The zero-order chi connectivity index (χ0) is 18.8. The van der Waals surface area contributed by atoms with Gasteiger partial charge < -0.3 is 15.8 Å². The molecular formula is C22H26N4O. The van der Waals surface area contributed by atoms with Crippen LogP contribution < -0.4 is 10.5 Å². The third kappa shape index (κ3) is 3.81. The van der Waals surface area contributed by atoms with E-state index in [0.29, 0.717) is 12.2 Å². The highest BCUT2D eigenvalue weighted by Gasteiger charge is 2.15. The molecule has 2 aromatic carbocycles. The van der Waals surface area contributed by atoms with E-state index in [1.807, 2.05) is 36.4 Å². The Kier molecular flexibility index (Phi) is 5.07. The summed E-state index contributed by atoms with van der Waals surface area (Å²) < 4.78 is 0.956. The number of pyridine rings is 1. The van der Waals surface area contributed by atoms with Crippen molar-refractivity contribution in [3.63, 3.8) is 0 Å². The van der Waals surface area contributed by atoms with Crippen LogP contribution in [0.5, 0.6) is 0 Å². The molecule has 0 radical (unpaired) electrons. The number of hydrogen-bond acceptors (Lipinski definition) is 4. The average molecular weight is 362 g/mol. The fraction of sp³-hybridized carbons (Fsp3) is 0.318. The Balaban J connectivity index is 1.59. The second kappa shape index (κ2) is 7.64. The number of hydrogen-bond donors (Lipinski definition) is 1. The first kappa shape index (κ1) is 17.9. The molecule has 5 heteroatoms. The summed E-state index contributed by atoms with van der Waals surface area (Å²) in [6.45, 7) is 5.87. The summed E-state index contributed by atoms with van der Waals surface area (Å²) >= 11 is 0. The second-order valence-electron chi connectivity index (χ2n) is 7.38. The van der Waals surface area contributed by atoms with Gasteiger partial charge in [0, 0.05) is 56.3 Å². The number of rotatable bonds is 4. The van der Waals surface area contributed by atoms with Gasteiger partial charge in [0.2, 0.25) is 5.69 Å². The fourth-order valence-corrected chi connectivity index (χ4v) is 3.75. The summed E-state index contributed by atoms with van der Waals surface area (Å²) in [5.41, 5.74) is 9.80. The second-order valence-corrected chi connectivity index (χ2v) is 7.38. The van der Waals surface area contributed by atoms with Crippen molar-refractivity contribution in [3.8, 4) is 11.3 Å². The summed E-state index contributed by atoms with van der Waals surface area (Å²) in [6, 6.07) is 16.2. The molecule has 1 aliphatic heterocycles. The smallest absolute Gasteiger partial charge is 0.224 e. The van der Waals surface area contributed by atoms with Gasteiger partial charge in [0.15, 0.2) is 6.20 Å². The highest BCUT2D eigenvalue weighted by Crippen LogP contribution is 2.24. The lowest BCUT2D eigenvalue weighted by atomic mass is 10.0. The van der Waals surface area contributed by atoms with Crippen LogP contribution >= 0.6 is 0 Å². The quantitative estimate of drug-likeness (QED) is 0.572. The molecule has 27 heavy (non-hydrogen) atoms. The molecule has 3 aromatic rings. The first-order valence-electron chi connectivity index (χ1n) is 9.49. The van der Waals surface area contributed by atoms with E-state index in [2.05, 4.69) is 29.0 Å². The molecule has 140 valence electrons. The fourth-order valence-electron chi connectivity index (χ4n) is 3.75. The largest absolute Gasteiger partial charge is 0.618 e. The zero-order valence-electron chi connectivity index (χ0n) is 15.8. The topological polar surface area (TPSA) is 59.4 Å². The summed E-state index contributed by atoms with van der Waals surface area (Å²) in [6.07, 6.45) is 1.64. The van der Waals surface area contributed by atoms with Gasteiger partial charge in [0.1, 0.15) is 0 Å². The average Bonchev–Trinajstić information content (AvgIpc) is 2.69. The molecule has 0 bridgehead atoms. The number of nitrogens with two attached hydrogens (primary N) is 1. The molecular weight excluding hydrogens is 336 g/mol. The number of piperazine rings is 1. The zero-order valence-corrected chi connectivity index (χ0v) is 15.8. The predicted molar refractivity (Wildman–Crippen MR) is 109 cm³/mol. The van der Waals surface area contributed by atoms with Gasteiger partial charge in [-0.1, -0.05) is 24.3 Å². The monoisotopic (exact) mass is 362 g/mol. The van der Waals surface area contributed by atoms with Crippen molar-refractivity contribution in [1.82, 2.24) is 9.80 Å². The van der Waals surface area contributed by atoms with Gasteiger partial charge in [-0.15, -0.1) is 0 Å². The summed E-state index contributed by atoms with van der Waals surface area (Å²) in [4.78, 5) is 4.84. The molecule has 2 heterocycles. The number of nitrogens with zero attached hydrogens (tertiary/aromatic N) is 3. The Bertz CT molecular complexity index is 931. The number of fused-ring (bicyclic) bond motifs is 1. The van der Waals surface area contributed by atoms with Gasteiger partial charge in [-0.25, -0.2) is 0 Å². The van der Waals surface area contributed by atoms with Gasteiger partial charge in [0.05, 0.1) is 0 Å². The number of likely N-dealkylation sites (N-methyl/N-ethyl adjacent to an activating group) is 1. The van der Waals surface area contributed by atoms with Crippen LogP contribution in [0.4, 0.5) is 0 Å². The molecule has 1 aliphatic rings. The van der Waals surface area contributed by atoms with Gasteiger partial charge in [0.25, 0.3) is 0 Å². The van der Waals surface area contributed by atoms with Crippen molar-refractivity contribution in [2.75, 3.05) is 33.2 Å². The highest BCUT2D eigenvalue weighted by molar-refractivity contribution is 5.87. The molecule has 0 amide bonds. The first-order chi connectivity index (χ1) is 13.1. The van der Waals surface area contributed by atoms with Crippen LogP contribution in [0, 0.1) is 5.21 Å². The van der Waals surface area contributed by atoms with Crippen LogP contribution in [0.25, 0.3) is 22.0 Å². The van der Waals surface area contributed by atoms with E-state index >= 15 is 0 Å². The van der Waals surface area contributed by atoms with Gasteiger partial charge in [-0.2, -0.15) is 4.73 Å². The van der Waals surface area contributed by atoms with E-state index in [1.54, 1.807) is 6.20 Å². The standard InChI is InChI=1S/C22H26N4O/c1-24-9-11-25(12-10-24)15-17-5-7-18(8-6-17)22-13-21-19(14-23)3-2-4-20(21)16-26(22)27/h2-8,13,16H,9-12,14-15,23H2,1H3. The number of aromatic nitrogens is 1. The molecule has 2 N–H and O–H groups in total. The molecule has 5 nitrogen and oxygen atoms in total. The van der Waals surface area contributed by atoms with Crippen LogP contribution in [-0.4, -0.2) is 43.0 Å². The Morgan fingerprint density at radius 3 is 2.48 bits per heavy atom. The molecule has 1 fully saturated rings. The minimum Gasteiger partial charge on any atom is -0.618 e. The Morgan fingerprint density at radius 2 is 1.78 bits per heavy atom. The molecule has 0 saturated carbocycles. The molecule has 0 aliphatic carbocycles. The van der Waals surface area contributed by atoms with Crippen LogP contribution in [-0.2, 0) is 13.1 Å². The van der Waals surface area contributed by atoms with Crippen molar-refractivity contribution in [2.24, 2.45) is 5.73 Å². The summed E-state index contributed by atoms with van der Waals surface area (Å²) in [7, 11) is 2.17. The Morgan fingerprint density at radius 1 is 1.04 bits per heavy atom. The SMILES string of the molecule is CN1CCN(Cc2ccc(-c3cc4c(CN)cccc4c[n+]3[O-])cc2)CC1. The minimum absolute atomic E-state index is 0.462. The molecule has 0 spiro atoms. The maximum Gasteiger partial charge on any atom is 0.224 e. The van der Waals surface area contributed by atoms with Crippen LogP contribution in [0.2, 0.25) is 0 Å². The maximum absolute atomic E-state index is 12.5. The van der Waals surface area contributed by atoms with E-state index in [1.165, 1.54) is 5.56 Å². The van der Waals surface area contributed by atoms with Crippen LogP contribution in [0.3, 0.4) is 0 Å². The minimum atomic E-state index is 0.462. The lowest BCUT2D eigenvalue weighted by Gasteiger charge is -2.32. The lowest BCUT2D eigenvalue weighted by Crippen LogP contribution is -2.43. The third-order valence-electron chi connectivity index (χ3n) is 5.48. The summed E-state index contributed by atoms with van der Waals surface area (Å²) in [5, 5.41) is 14.5. The Labute approximate surface area is 160 Å². The Hall–Kier alpha value is -2.47. The van der Waals surface area contributed by atoms with Crippen molar-refractivity contribution >= 4 is 10.8 Å². The van der Waals surface area contributed by atoms with Gasteiger partial charge >= 0.3 is 0 Å². The molecule has 1 aromatic heterocycles. The van der Waals surface area contributed by atoms with Crippen molar-refractivity contribution < 1.29 is 4.73 Å². The lowest BCUT2D eigenvalue weighted by molar-refractivity contribution is -0.592. The number of benzene rings is 2. The van der Waals surface area contributed by atoms with Gasteiger partial charge in [-0.3, -0.25) is 4.90 Å². The van der Waals surface area contributed by atoms with E-state index in [9.17, 15) is 5.21 Å². The molecule has 4 rings (SSSR count). The normalized spacial score (nSPS) is 16.1. The molecule has 0 unspecified atom stereocenters. The third-order valence-corrected chi connectivity index (χ3v) is 5.48. The highest BCUT2D eigenvalue weighted by atomic mass is 16.5. The van der Waals surface area contributed by atoms with E-state index in [4.69, 9.17) is 5.73 Å². The first-order valence-corrected chi connectivity index (χ1v) is 9.49. The summed E-state index contributed by atoms with van der Waals surface area (Å²) in [5.74, 6) is 0. The van der Waals surface area contributed by atoms with E-state index < -0.39 is 0 Å². The van der Waals surface area contributed by atoms with Crippen LogP contribution in [0.1, 0.15) is 11.1 Å². The van der Waals surface area contributed by atoms with Crippen molar-refractivity contribution in [2.45, 2.75) is 13.1 Å². The van der Waals surface area contributed by atoms with Crippen LogP contribution in [0.15, 0.2) is 54.7 Å². The van der Waals surface area contributed by atoms with Gasteiger partial charge in [-0.05, 0) is 41.8 Å². The molecule has 0 atom stereocenters. The van der Waals surface area contributed by atoms with Crippen molar-refractivity contribution in [3.05, 3.63) is 71.1 Å².